The molecule has 0 spiro atoms. The van der Waals surface area contributed by atoms with Crippen LogP contribution in [0.2, 0.25) is 0 Å². The first-order valence-corrected chi connectivity index (χ1v) is 0.565. The fourth-order valence-corrected chi connectivity index (χ4v) is 0. The average molecular weight is 135 g/mol. The summed E-state index contributed by atoms with van der Waals surface area (Å²) in [5.74, 6) is 0. The van der Waals surface area contributed by atoms with Crippen LogP contribution in [0.25, 0.3) is 0 Å². The summed E-state index contributed by atoms with van der Waals surface area (Å²) in [5.41, 5.74) is 0. The minimum atomic E-state index is -1.50. The zero-order valence-electron chi connectivity index (χ0n) is 1.71. The molecule has 0 amide bonds. The molecule has 0 fully saturated rings. The predicted octanol–water partition coefficient (Wildman–Crippen LogP) is -2.29. The molecule has 0 atom stereocenters. The van der Waals surface area contributed by atoms with Crippen LogP contribution in [0.3, 0.4) is 0 Å². The van der Waals surface area contributed by atoms with Crippen molar-refractivity contribution in [1.82, 2.24) is 0 Å². The van der Waals surface area contributed by atoms with E-state index in [1.54, 1.807) is 0 Å². The molecule has 0 saturated heterocycles. The van der Waals surface area contributed by atoms with Crippen LogP contribution in [-0.4, -0.2) is 110 Å². The molecule has 0 aromatic rings. The van der Waals surface area contributed by atoms with E-state index >= 15 is 0 Å². The van der Waals surface area contributed by atoms with Crippen LogP contribution in [0.5, 0.6) is 0 Å². The maximum absolute atomic E-state index is 8.36. The molecular formula is H4KLiNNaO3. The summed E-state index contributed by atoms with van der Waals surface area (Å²) in [6.07, 6.45) is 0. The van der Waals surface area contributed by atoms with Crippen LogP contribution in [-0.2, 0) is 0 Å². The van der Waals surface area contributed by atoms with Gasteiger partial charge in [0.05, 0.1) is 0 Å². The third kappa shape index (κ3) is 58.9. The third-order valence-electron chi connectivity index (χ3n) is 0. The number of hydrogen-bond donors (Lipinski definition) is 1. The molecule has 1 N–H and O–H groups in total. The fourth-order valence-electron chi connectivity index (χ4n) is 0. The molecule has 0 aliphatic rings. The fraction of sp³-hybridized carbons (Fsp3) is 0. The standard InChI is InChI=1S/K.Li.HNO3.Na.3H/c;;2-1(3)4;;;;/h;;(H,2,3,4);;;;. The maximum atomic E-state index is 8.36. The Morgan fingerprint density at radius 2 is 1.57 bits per heavy atom. The summed E-state index contributed by atoms with van der Waals surface area (Å²) in [6, 6.07) is 0. The van der Waals surface area contributed by atoms with Gasteiger partial charge in [-0.2, -0.15) is 0 Å². The first-order chi connectivity index (χ1) is 1.73. The quantitative estimate of drug-likeness (QED) is 0.231. The molecule has 0 radical (unpaired) electrons. The van der Waals surface area contributed by atoms with Crippen molar-refractivity contribution in [2.75, 3.05) is 0 Å². The molecule has 7 heteroatoms. The molecule has 0 unspecified atom stereocenters. The van der Waals surface area contributed by atoms with Gasteiger partial charge in [0, 0.05) is 0 Å². The van der Waals surface area contributed by atoms with Crippen LogP contribution in [0.15, 0.2) is 0 Å². The molecule has 7 heavy (non-hydrogen) atoms. The normalized spacial score (nSPS) is 3.43. The van der Waals surface area contributed by atoms with Crippen molar-refractivity contribution < 1.29 is 10.3 Å². The van der Waals surface area contributed by atoms with Crippen LogP contribution in [0, 0.1) is 10.1 Å². The topological polar surface area (TPSA) is 63.4 Å². The van der Waals surface area contributed by atoms with Gasteiger partial charge in [-0.15, -0.1) is 10.1 Å². The van der Waals surface area contributed by atoms with Crippen molar-refractivity contribution in [2.24, 2.45) is 0 Å². The van der Waals surface area contributed by atoms with Crippen LogP contribution in [0.1, 0.15) is 0 Å². The van der Waals surface area contributed by atoms with E-state index < -0.39 is 5.09 Å². The first-order valence-electron chi connectivity index (χ1n) is 0.565. The van der Waals surface area contributed by atoms with Crippen molar-refractivity contribution >= 4 is 99.8 Å². The first kappa shape index (κ1) is 22.7. The molecule has 0 rings (SSSR count). The van der Waals surface area contributed by atoms with Gasteiger partial charge in [0.1, 0.15) is 0 Å². The second-order valence-electron chi connectivity index (χ2n) is 0.238. The molecule has 0 aliphatic carbocycles. The van der Waals surface area contributed by atoms with Crippen molar-refractivity contribution in [3.63, 3.8) is 0 Å². The Morgan fingerprint density at radius 3 is 1.57 bits per heavy atom. The van der Waals surface area contributed by atoms with Gasteiger partial charge in [0.2, 0.25) is 0 Å². The van der Waals surface area contributed by atoms with Gasteiger partial charge in [0.25, 0.3) is 5.09 Å². The van der Waals surface area contributed by atoms with Gasteiger partial charge in [-0.3, -0.25) is 0 Å². The molecule has 0 saturated carbocycles. The predicted molar refractivity (Wildman–Crippen MR) is 30.2 cm³/mol. The summed E-state index contributed by atoms with van der Waals surface area (Å²) in [6.45, 7) is 0. The van der Waals surface area contributed by atoms with E-state index in [-0.39, 0.29) is 99.8 Å². The van der Waals surface area contributed by atoms with Crippen molar-refractivity contribution in [1.29, 1.82) is 0 Å². The summed E-state index contributed by atoms with van der Waals surface area (Å²) in [7, 11) is 0. The van der Waals surface area contributed by atoms with Crippen molar-refractivity contribution in [2.45, 2.75) is 0 Å². The Balaban J connectivity index is -0.0000000150. The molecule has 0 aromatic carbocycles. The Bertz CT molecular complexity index is 37.9. The van der Waals surface area contributed by atoms with Gasteiger partial charge in [0.15, 0.2) is 0 Å². The molecule has 4 nitrogen and oxygen atoms in total. The zero-order valence-corrected chi connectivity index (χ0v) is 1.71. The second-order valence-corrected chi connectivity index (χ2v) is 0.238. The molecule has 0 heterocycles. The van der Waals surface area contributed by atoms with E-state index in [0.717, 1.165) is 0 Å². The molecule has 0 aliphatic heterocycles. The molecule has 0 aromatic heterocycles. The summed E-state index contributed by atoms with van der Waals surface area (Å²) in [5, 5.41) is 13.6. The van der Waals surface area contributed by atoms with Gasteiger partial charge >= 0.3 is 99.8 Å². The minimum absolute atomic E-state index is 0. The molecule has 30 valence electrons. The average Bonchev–Trinajstić information content (AvgIpc) is 0.811. The van der Waals surface area contributed by atoms with Crippen LogP contribution in [0.4, 0.5) is 0 Å². The monoisotopic (exact) mass is 135 g/mol. The molecular weight excluding hydrogens is 131 g/mol. The van der Waals surface area contributed by atoms with E-state index in [4.69, 9.17) is 15.3 Å². The number of rotatable bonds is 0. The molecule has 0 bridgehead atoms. The Morgan fingerprint density at radius 1 is 1.57 bits per heavy atom. The zero-order chi connectivity index (χ0) is 3.58. The van der Waals surface area contributed by atoms with Crippen LogP contribution >= 0.6 is 0 Å². The van der Waals surface area contributed by atoms with E-state index in [1.165, 1.54) is 0 Å². The van der Waals surface area contributed by atoms with E-state index in [1.807, 2.05) is 0 Å². The summed E-state index contributed by atoms with van der Waals surface area (Å²) >= 11 is 0. The van der Waals surface area contributed by atoms with Gasteiger partial charge < -0.3 is 5.21 Å². The SMILES string of the molecule is O=[N+]([O-])O.[KH].[LiH].[NaH]. The van der Waals surface area contributed by atoms with E-state index in [9.17, 15) is 0 Å². The van der Waals surface area contributed by atoms with Crippen molar-refractivity contribution in [3.8, 4) is 0 Å². The van der Waals surface area contributed by atoms with Crippen LogP contribution < -0.4 is 0 Å². The van der Waals surface area contributed by atoms with Gasteiger partial charge in [-0.05, 0) is 0 Å². The Hall–Kier alpha value is 2.43. The summed E-state index contributed by atoms with van der Waals surface area (Å²) in [4.78, 5) is 8.36. The Labute approximate surface area is 117 Å². The number of hydrogen-bond acceptors (Lipinski definition) is 2. The van der Waals surface area contributed by atoms with Crippen molar-refractivity contribution in [3.05, 3.63) is 10.1 Å². The van der Waals surface area contributed by atoms with Gasteiger partial charge in [-0.1, -0.05) is 0 Å². The van der Waals surface area contributed by atoms with Gasteiger partial charge in [-0.25, -0.2) is 0 Å². The summed E-state index contributed by atoms with van der Waals surface area (Å²) < 4.78 is 0. The number of nitrogens with zero attached hydrogens (tertiary/aromatic N) is 1. The van der Waals surface area contributed by atoms with E-state index in [2.05, 4.69) is 0 Å². The Kier molecular flexibility index (Phi) is 51.2. The second kappa shape index (κ2) is 15.8. The third-order valence-corrected chi connectivity index (χ3v) is 0. The van der Waals surface area contributed by atoms with E-state index in [0.29, 0.717) is 0 Å².